The molecule has 3 heterocycles. The maximum Gasteiger partial charge on any atom is 0.0432 e. The third-order valence-electron chi connectivity index (χ3n) is 2.71. The van der Waals surface area contributed by atoms with Crippen molar-refractivity contribution in [2.24, 2.45) is 0 Å². The van der Waals surface area contributed by atoms with Crippen molar-refractivity contribution in [3.05, 3.63) is 30.3 Å². The number of benzene rings is 1. The predicted octanol–water partition coefficient (Wildman–Crippen LogP) is -1.60. The van der Waals surface area contributed by atoms with E-state index in [0.29, 0.717) is 0 Å². The number of hydrogen-bond donors (Lipinski definition) is 0. The molecule has 0 atom stereocenters. The first-order valence-corrected chi connectivity index (χ1v) is 24.4. The Morgan fingerprint density at radius 1 is 0.800 bits per heavy atom. The Morgan fingerprint density at radius 2 is 1.33 bits per heavy atom. The molecule has 15 heavy (non-hydrogen) atoms. The van der Waals surface area contributed by atoms with E-state index in [4.69, 9.17) is 0 Å². The summed E-state index contributed by atoms with van der Waals surface area (Å²) in [4.78, 5) is 0. The highest BCUT2D eigenvalue weighted by molar-refractivity contribution is 8.15. The van der Waals surface area contributed by atoms with Gasteiger partial charge in [-0.3, -0.25) is 0 Å². The molecule has 3 aliphatic heterocycles. The molecule has 0 nitrogen and oxygen atoms in total. The van der Waals surface area contributed by atoms with Gasteiger partial charge in [0.1, 0.15) is 0 Å². The lowest BCUT2D eigenvalue weighted by Crippen LogP contribution is -2.86. The van der Waals surface area contributed by atoms with Gasteiger partial charge in [-0.25, -0.2) is 0 Å². The molecular formula is C7H8Si8. The lowest BCUT2D eigenvalue weighted by atomic mass is 10.4. The third-order valence-corrected chi connectivity index (χ3v) is 96.1. The highest BCUT2D eigenvalue weighted by Crippen LogP contribution is 2.15. The van der Waals surface area contributed by atoms with Crippen LogP contribution in [0.15, 0.2) is 30.3 Å². The standard InChI is InChI=1S/C7H8Si8/c1-14-8-11-15(12-9-14,13-10-14)7-5-3-2-4-6-7/h2-6H,1H3. The second-order valence-electron chi connectivity index (χ2n) is 3.99. The summed E-state index contributed by atoms with van der Waals surface area (Å²) in [5.41, 5.74) is 0. The average molecular weight is 317 g/mol. The molecule has 8 heteroatoms. The quantitative estimate of drug-likeness (QED) is 0.548. The zero-order chi connectivity index (χ0) is 10.4. The van der Waals surface area contributed by atoms with Crippen LogP contribution in [-0.2, 0) is 0 Å². The van der Waals surface area contributed by atoms with Crippen LogP contribution in [0.2, 0.25) is 6.55 Å². The summed E-state index contributed by atoms with van der Waals surface area (Å²) in [5.74, 6) is 0. The van der Waals surface area contributed by atoms with Crippen LogP contribution in [0.4, 0.5) is 0 Å². The third kappa shape index (κ3) is 1.94. The second kappa shape index (κ2) is 4.01. The zero-order valence-corrected chi connectivity index (χ0v) is 16.4. The molecule has 0 aromatic heterocycles. The van der Waals surface area contributed by atoms with Crippen molar-refractivity contribution in [3.63, 3.8) is 0 Å². The van der Waals surface area contributed by atoms with Gasteiger partial charge in [0, 0.05) is 64.6 Å². The largest absolute Gasteiger partial charge is 0.0765 e. The summed E-state index contributed by atoms with van der Waals surface area (Å²) in [5, 5.41) is 1.82. The van der Waals surface area contributed by atoms with E-state index in [1.165, 1.54) is 51.3 Å². The maximum absolute atomic E-state index is 2.71. The number of hydrogen-bond acceptors (Lipinski definition) is 0. The van der Waals surface area contributed by atoms with Crippen LogP contribution in [0.25, 0.3) is 0 Å². The molecule has 0 saturated carbocycles. The first kappa shape index (κ1) is 11.1. The first-order valence-electron chi connectivity index (χ1n) is 4.91. The van der Waals surface area contributed by atoms with Gasteiger partial charge in [0.05, 0.1) is 0 Å². The molecule has 3 saturated heterocycles. The molecule has 3 aliphatic rings. The van der Waals surface area contributed by atoms with Crippen LogP contribution in [0.3, 0.4) is 0 Å². The Bertz CT molecular complexity index is 340. The predicted molar refractivity (Wildman–Crippen MR) is 78.0 cm³/mol. The van der Waals surface area contributed by atoms with Crippen LogP contribution in [-0.4, -0.2) is 64.6 Å². The van der Waals surface area contributed by atoms with Crippen LogP contribution in [0.1, 0.15) is 0 Å². The van der Waals surface area contributed by atoms with Gasteiger partial charge in [0.15, 0.2) is 0 Å². The Balaban J connectivity index is 1.94. The molecular weight excluding hydrogens is 309 g/mol. The van der Waals surface area contributed by atoms with Crippen LogP contribution < -0.4 is 5.19 Å². The van der Waals surface area contributed by atoms with Gasteiger partial charge in [-0.05, 0) is 0 Å². The minimum atomic E-state index is -0.859. The number of fused-ring (bicyclic) bond motifs is 3. The molecule has 0 unspecified atom stereocenters. The number of rotatable bonds is 1. The maximum atomic E-state index is 2.71. The fourth-order valence-electron chi connectivity index (χ4n) is 1.75. The van der Waals surface area contributed by atoms with Crippen molar-refractivity contribution < 1.29 is 0 Å². The van der Waals surface area contributed by atoms with E-state index in [1.807, 2.05) is 5.19 Å². The van der Waals surface area contributed by atoms with Crippen LogP contribution >= 0.6 is 0 Å². The minimum absolute atomic E-state index is 0.569. The van der Waals surface area contributed by atoms with Crippen molar-refractivity contribution in [1.29, 1.82) is 0 Å². The summed E-state index contributed by atoms with van der Waals surface area (Å²) in [6, 6.07) is 11.6. The Labute approximate surface area is 106 Å². The molecule has 12 radical (unpaired) electrons. The fraction of sp³-hybridized carbons (Fsp3) is 0.143. The van der Waals surface area contributed by atoms with Gasteiger partial charge < -0.3 is 0 Å². The van der Waals surface area contributed by atoms with Gasteiger partial charge in [0.2, 0.25) is 0 Å². The lowest BCUT2D eigenvalue weighted by Gasteiger charge is -2.48. The Hall–Kier alpha value is 0.955. The van der Waals surface area contributed by atoms with E-state index in [1.54, 1.807) is 0 Å². The van der Waals surface area contributed by atoms with Crippen molar-refractivity contribution in [1.82, 2.24) is 0 Å². The average Bonchev–Trinajstić information content (AvgIpc) is 2.32. The van der Waals surface area contributed by atoms with E-state index in [0.717, 1.165) is 0 Å². The summed E-state index contributed by atoms with van der Waals surface area (Å²) in [7, 11) is 8.66. The van der Waals surface area contributed by atoms with E-state index in [9.17, 15) is 0 Å². The molecule has 3 fully saturated rings. The first-order chi connectivity index (χ1) is 7.23. The van der Waals surface area contributed by atoms with Crippen molar-refractivity contribution in [2.75, 3.05) is 0 Å². The van der Waals surface area contributed by atoms with Crippen LogP contribution in [0, 0.1) is 0 Å². The van der Waals surface area contributed by atoms with Gasteiger partial charge in [-0.15, -0.1) is 0 Å². The van der Waals surface area contributed by atoms with E-state index < -0.39 is 13.3 Å². The highest BCUT2D eigenvalue weighted by Gasteiger charge is 2.50. The fourth-order valence-corrected chi connectivity index (χ4v) is 168. The van der Waals surface area contributed by atoms with Gasteiger partial charge in [-0.1, -0.05) is 42.1 Å². The SMILES string of the molecule is C[Si]12[Si][Si][Si](c3ccccc3)([Si][Si]1)[Si][Si]2. The molecule has 0 amide bonds. The van der Waals surface area contributed by atoms with Gasteiger partial charge >= 0.3 is 0 Å². The topological polar surface area (TPSA) is 0 Å². The molecule has 0 spiro atoms. The van der Waals surface area contributed by atoms with E-state index in [-0.39, 0.29) is 0 Å². The molecule has 1 aromatic rings. The second-order valence-corrected chi connectivity index (χ2v) is 52.6. The van der Waals surface area contributed by atoms with E-state index in [2.05, 4.69) is 36.9 Å². The highest BCUT2D eigenvalue weighted by atomic mass is 30.4. The lowest BCUT2D eigenvalue weighted by molar-refractivity contribution is 1.77. The van der Waals surface area contributed by atoms with Gasteiger partial charge in [0.25, 0.3) is 0 Å². The normalized spacial score (nSPS) is 39.3. The van der Waals surface area contributed by atoms with E-state index >= 15 is 0 Å². The molecule has 0 aliphatic carbocycles. The Morgan fingerprint density at radius 3 is 1.87 bits per heavy atom. The monoisotopic (exact) mass is 316 g/mol. The summed E-state index contributed by atoms with van der Waals surface area (Å²) < 4.78 is 0. The molecule has 1 aromatic carbocycles. The molecule has 4 rings (SSSR count). The zero-order valence-electron chi connectivity index (χ0n) is 8.39. The molecule has 68 valence electrons. The van der Waals surface area contributed by atoms with Crippen molar-refractivity contribution in [3.8, 4) is 0 Å². The van der Waals surface area contributed by atoms with Crippen molar-refractivity contribution >= 4 is 69.8 Å². The van der Waals surface area contributed by atoms with Crippen molar-refractivity contribution in [2.45, 2.75) is 6.55 Å². The summed E-state index contributed by atoms with van der Waals surface area (Å²) in [6.45, 7) is 1.28. The van der Waals surface area contributed by atoms with Crippen LogP contribution in [0.5, 0.6) is 0 Å². The molecule has 2 bridgehead atoms. The molecule has 0 N–H and O–H groups in total. The minimum Gasteiger partial charge on any atom is -0.0765 e. The van der Waals surface area contributed by atoms with Gasteiger partial charge in [-0.2, -0.15) is 0 Å². The summed E-state index contributed by atoms with van der Waals surface area (Å²) in [6.07, 6.45) is 0. The smallest absolute Gasteiger partial charge is 0.0432 e. The Kier molecular flexibility index (Phi) is 2.96. The summed E-state index contributed by atoms with van der Waals surface area (Å²) >= 11 is 0.